The molecule has 1 unspecified atom stereocenters. The van der Waals surface area contributed by atoms with Crippen LogP contribution in [-0.4, -0.2) is 52.3 Å². The van der Waals surface area contributed by atoms with Crippen LogP contribution >= 0.6 is 11.6 Å². The van der Waals surface area contributed by atoms with Crippen LogP contribution in [0.4, 0.5) is 5.69 Å². The number of nitrogens with one attached hydrogen (secondary N) is 1. The van der Waals surface area contributed by atoms with Crippen molar-refractivity contribution in [2.75, 3.05) is 46.8 Å². The lowest BCUT2D eigenvalue weighted by Gasteiger charge is -2.26. The molecule has 0 aliphatic carbocycles. The van der Waals surface area contributed by atoms with Crippen molar-refractivity contribution in [3.05, 3.63) is 40.9 Å². The van der Waals surface area contributed by atoms with E-state index >= 15 is 0 Å². The van der Waals surface area contributed by atoms with Crippen LogP contribution < -0.4 is 24.3 Å². The fourth-order valence-corrected chi connectivity index (χ4v) is 4.04. The van der Waals surface area contributed by atoms with Crippen molar-refractivity contribution >= 4 is 23.2 Å². The molecular formula is C22H27ClN2O5. The van der Waals surface area contributed by atoms with Gasteiger partial charge in [-0.1, -0.05) is 11.6 Å². The number of anilines is 1. The lowest BCUT2D eigenvalue weighted by atomic mass is 10.0. The smallest absolute Gasteiger partial charge is 0.238 e. The molecule has 8 heteroatoms. The van der Waals surface area contributed by atoms with E-state index in [0.717, 1.165) is 36.4 Å². The van der Waals surface area contributed by atoms with Crippen LogP contribution in [0.1, 0.15) is 24.4 Å². The van der Waals surface area contributed by atoms with Crippen LogP contribution in [0.25, 0.3) is 0 Å². The molecule has 1 fully saturated rings. The Kier molecular flexibility index (Phi) is 7.29. The van der Waals surface area contributed by atoms with Gasteiger partial charge >= 0.3 is 0 Å². The zero-order chi connectivity index (χ0) is 21.7. The van der Waals surface area contributed by atoms with Gasteiger partial charge in [-0.05, 0) is 43.7 Å². The molecule has 7 nitrogen and oxygen atoms in total. The van der Waals surface area contributed by atoms with E-state index in [-0.39, 0.29) is 18.5 Å². The third kappa shape index (κ3) is 4.74. The van der Waals surface area contributed by atoms with E-state index in [1.54, 1.807) is 26.4 Å². The highest BCUT2D eigenvalue weighted by atomic mass is 35.5. The normalized spacial score (nSPS) is 16.2. The van der Waals surface area contributed by atoms with Crippen molar-refractivity contribution in [3.63, 3.8) is 0 Å². The lowest BCUT2D eigenvalue weighted by Crippen LogP contribution is -2.33. The predicted molar refractivity (Wildman–Crippen MR) is 116 cm³/mol. The number of hydrogen-bond donors (Lipinski definition) is 1. The Labute approximate surface area is 181 Å². The number of benzene rings is 2. The maximum absolute atomic E-state index is 12.8. The lowest BCUT2D eigenvalue weighted by molar-refractivity contribution is -0.117. The first-order chi connectivity index (χ1) is 14.5. The van der Waals surface area contributed by atoms with Crippen LogP contribution in [-0.2, 0) is 4.79 Å². The topological polar surface area (TPSA) is 69.3 Å². The number of carbonyl (C=O) groups excluding carboxylic acids is 1. The number of likely N-dealkylation sites (tertiary alicyclic amines) is 1. The fraction of sp³-hybridized carbons (Fsp3) is 0.409. The number of rotatable bonds is 8. The Morgan fingerprint density at radius 3 is 2.43 bits per heavy atom. The molecule has 30 heavy (non-hydrogen) atoms. The van der Waals surface area contributed by atoms with Crippen LogP contribution in [0.15, 0.2) is 30.3 Å². The third-order valence-electron chi connectivity index (χ3n) is 5.25. The van der Waals surface area contributed by atoms with Gasteiger partial charge in [-0.3, -0.25) is 9.69 Å². The summed E-state index contributed by atoms with van der Waals surface area (Å²) < 4.78 is 21.5. The molecule has 1 saturated heterocycles. The zero-order valence-electron chi connectivity index (χ0n) is 17.7. The Morgan fingerprint density at radius 2 is 1.77 bits per heavy atom. The monoisotopic (exact) mass is 434 g/mol. The highest BCUT2D eigenvalue weighted by Gasteiger charge is 2.30. The van der Waals surface area contributed by atoms with Gasteiger partial charge in [-0.15, -0.1) is 0 Å². The minimum Gasteiger partial charge on any atom is -0.497 e. The maximum Gasteiger partial charge on any atom is 0.238 e. The number of halogens is 1. The Bertz CT molecular complexity index is 905. The van der Waals surface area contributed by atoms with E-state index in [2.05, 4.69) is 10.2 Å². The predicted octanol–water partition coefficient (Wildman–Crippen LogP) is 4.15. The molecule has 2 aromatic carbocycles. The van der Waals surface area contributed by atoms with Crippen LogP contribution in [0, 0.1) is 0 Å². The molecule has 1 aliphatic heterocycles. The van der Waals surface area contributed by atoms with Gasteiger partial charge in [-0.25, -0.2) is 0 Å². The summed E-state index contributed by atoms with van der Waals surface area (Å²) in [4.78, 5) is 15.0. The first-order valence-electron chi connectivity index (χ1n) is 9.68. The van der Waals surface area contributed by atoms with Gasteiger partial charge in [0, 0.05) is 17.7 Å². The number of ether oxygens (including phenoxy) is 4. The summed E-state index contributed by atoms with van der Waals surface area (Å²) in [5.74, 6) is 2.37. The molecule has 2 aromatic rings. The highest BCUT2D eigenvalue weighted by Crippen LogP contribution is 2.39. The molecule has 0 saturated carbocycles. The minimum absolute atomic E-state index is 0.0714. The number of nitrogens with zero attached hydrogens (tertiary/aromatic N) is 1. The molecular weight excluding hydrogens is 408 g/mol. The SMILES string of the molecule is COc1ccc(OC)c(C2CCCN2CC(=O)Nc2cc(Cl)c(OC)cc2OC)c1. The second-order valence-electron chi connectivity index (χ2n) is 6.97. The van der Waals surface area contributed by atoms with Crippen molar-refractivity contribution < 1.29 is 23.7 Å². The average molecular weight is 435 g/mol. The van der Waals surface area contributed by atoms with Crippen molar-refractivity contribution in [1.82, 2.24) is 4.90 Å². The van der Waals surface area contributed by atoms with Gasteiger partial charge < -0.3 is 24.3 Å². The van der Waals surface area contributed by atoms with Gasteiger partial charge in [0.2, 0.25) is 5.91 Å². The van der Waals surface area contributed by atoms with E-state index in [4.69, 9.17) is 30.5 Å². The molecule has 1 atom stereocenters. The molecule has 1 heterocycles. The van der Waals surface area contributed by atoms with Crippen LogP contribution in [0.5, 0.6) is 23.0 Å². The quantitative estimate of drug-likeness (QED) is 0.673. The largest absolute Gasteiger partial charge is 0.497 e. The molecule has 0 aromatic heterocycles. The fourth-order valence-electron chi connectivity index (χ4n) is 3.80. The summed E-state index contributed by atoms with van der Waals surface area (Å²) in [6.45, 7) is 1.05. The summed E-state index contributed by atoms with van der Waals surface area (Å²) in [7, 11) is 6.35. The second kappa shape index (κ2) is 9.91. The molecule has 1 amide bonds. The summed E-state index contributed by atoms with van der Waals surface area (Å²) in [6.07, 6.45) is 1.94. The number of methoxy groups -OCH3 is 4. The summed E-state index contributed by atoms with van der Waals surface area (Å²) in [6, 6.07) is 9.10. The van der Waals surface area contributed by atoms with Crippen LogP contribution in [0.2, 0.25) is 5.02 Å². The van der Waals surface area contributed by atoms with E-state index in [9.17, 15) is 4.79 Å². The summed E-state index contributed by atoms with van der Waals surface area (Å²) in [5, 5.41) is 3.30. The first kappa shape index (κ1) is 22.1. The summed E-state index contributed by atoms with van der Waals surface area (Å²) in [5.41, 5.74) is 1.52. The zero-order valence-corrected chi connectivity index (χ0v) is 18.4. The maximum atomic E-state index is 12.8. The minimum atomic E-state index is -0.150. The van der Waals surface area contributed by atoms with Crippen molar-refractivity contribution in [2.24, 2.45) is 0 Å². The van der Waals surface area contributed by atoms with Crippen LogP contribution in [0.3, 0.4) is 0 Å². The van der Waals surface area contributed by atoms with E-state index < -0.39 is 0 Å². The second-order valence-corrected chi connectivity index (χ2v) is 7.38. The summed E-state index contributed by atoms with van der Waals surface area (Å²) >= 11 is 6.21. The van der Waals surface area contributed by atoms with Crippen molar-refractivity contribution in [2.45, 2.75) is 18.9 Å². The number of hydrogen-bond acceptors (Lipinski definition) is 6. The molecule has 3 rings (SSSR count). The molecule has 1 N–H and O–H groups in total. The molecule has 162 valence electrons. The van der Waals surface area contributed by atoms with Gasteiger partial charge in [-0.2, -0.15) is 0 Å². The van der Waals surface area contributed by atoms with Crippen molar-refractivity contribution in [3.8, 4) is 23.0 Å². The third-order valence-corrected chi connectivity index (χ3v) is 5.55. The number of carbonyl (C=O) groups is 1. The molecule has 0 spiro atoms. The highest BCUT2D eigenvalue weighted by molar-refractivity contribution is 6.32. The number of amides is 1. The molecule has 0 bridgehead atoms. The van der Waals surface area contributed by atoms with Gasteiger partial charge in [0.1, 0.15) is 23.0 Å². The van der Waals surface area contributed by atoms with Crippen molar-refractivity contribution in [1.29, 1.82) is 0 Å². The van der Waals surface area contributed by atoms with E-state index in [1.165, 1.54) is 14.2 Å². The van der Waals surface area contributed by atoms with Gasteiger partial charge in [0.25, 0.3) is 0 Å². The first-order valence-corrected chi connectivity index (χ1v) is 10.1. The Hall–Kier alpha value is -2.64. The van der Waals surface area contributed by atoms with E-state index in [0.29, 0.717) is 22.2 Å². The van der Waals surface area contributed by atoms with Gasteiger partial charge in [0.05, 0.1) is 45.7 Å². The van der Waals surface area contributed by atoms with E-state index in [1.807, 2.05) is 18.2 Å². The molecule has 0 radical (unpaired) electrons. The molecule has 1 aliphatic rings. The Balaban J connectivity index is 1.76. The van der Waals surface area contributed by atoms with Gasteiger partial charge in [0.15, 0.2) is 0 Å². The average Bonchev–Trinajstić information content (AvgIpc) is 3.21. The Morgan fingerprint density at radius 1 is 1.03 bits per heavy atom. The standard InChI is InChI=1S/C22H27ClN2O5/c1-27-14-7-8-19(28-2)15(10-14)18-6-5-9-25(18)13-22(26)24-17-11-16(23)20(29-3)12-21(17)30-4/h7-8,10-12,18H,5-6,9,13H2,1-4H3,(H,24,26).